The van der Waals surface area contributed by atoms with Crippen molar-refractivity contribution in [2.75, 3.05) is 13.2 Å². The number of rotatable bonds is 1. The number of hydrogen-bond donors (Lipinski definition) is 2. The summed E-state index contributed by atoms with van der Waals surface area (Å²) in [5.41, 5.74) is 0. The molecule has 1 saturated heterocycles. The van der Waals surface area contributed by atoms with E-state index in [1.165, 1.54) is 13.8 Å². The van der Waals surface area contributed by atoms with Crippen LogP contribution in [0, 0.1) is 0 Å². The number of ether oxygens (including phenoxy) is 2. The Morgan fingerprint density at radius 1 is 1.00 bits per heavy atom. The quantitative estimate of drug-likeness (QED) is 0.525. The molecule has 2 N–H and O–H groups in total. The van der Waals surface area contributed by atoms with Crippen LogP contribution in [0.4, 0.5) is 0 Å². The van der Waals surface area contributed by atoms with E-state index in [4.69, 9.17) is 10.2 Å². The number of aliphatic hydroxyl groups excluding tert-OH is 2. The third kappa shape index (κ3) is 4.20. The molecule has 82 valence electrons. The van der Waals surface area contributed by atoms with Gasteiger partial charge in [-0.15, -0.1) is 0 Å². The molecular formula is C8H14O6. The summed E-state index contributed by atoms with van der Waals surface area (Å²) in [6.45, 7) is 2.71. The largest absolute Gasteiger partial charge is 0.448 e. The number of cyclic esters (lactones) is 2. The van der Waals surface area contributed by atoms with Gasteiger partial charge in [0.2, 0.25) is 0 Å². The standard InChI is InChI=1S/C6H8O4.C2H6O2/c1-3-5(7)10-4(2)6(8)9-3;3-1-2-4/h3-4H,1-2H3;3-4H,1-2H2/t3-,4?;/m0./s1. The highest BCUT2D eigenvalue weighted by atomic mass is 16.6. The Morgan fingerprint density at radius 2 is 1.29 bits per heavy atom. The molecule has 2 atom stereocenters. The Kier molecular flexibility index (Phi) is 5.82. The lowest BCUT2D eigenvalue weighted by molar-refractivity contribution is -0.191. The van der Waals surface area contributed by atoms with Gasteiger partial charge in [-0.25, -0.2) is 9.59 Å². The number of carbonyl (C=O) groups excluding carboxylic acids is 2. The summed E-state index contributed by atoms with van der Waals surface area (Å²) in [4.78, 5) is 21.3. The van der Waals surface area contributed by atoms with E-state index in [9.17, 15) is 9.59 Å². The molecule has 0 aliphatic carbocycles. The lowest BCUT2D eigenvalue weighted by Gasteiger charge is -2.22. The topological polar surface area (TPSA) is 93.1 Å². The Bertz CT molecular complexity index is 180. The van der Waals surface area contributed by atoms with Gasteiger partial charge < -0.3 is 19.7 Å². The molecule has 6 heteroatoms. The Morgan fingerprint density at radius 3 is 1.50 bits per heavy atom. The predicted octanol–water partition coefficient (Wildman–Crippen LogP) is -1.17. The van der Waals surface area contributed by atoms with E-state index >= 15 is 0 Å². The SMILES string of the molecule is CC1OC(=O)[C@H](C)OC1=O.OCCO. The maximum Gasteiger partial charge on any atom is 0.347 e. The number of aliphatic hydroxyl groups is 2. The number of hydrogen-bond acceptors (Lipinski definition) is 6. The minimum atomic E-state index is -0.747. The van der Waals surface area contributed by atoms with Crippen LogP contribution in [0.25, 0.3) is 0 Å². The van der Waals surface area contributed by atoms with Crippen LogP contribution in [0.15, 0.2) is 0 Å². The van der Waals surface area contributed by atoms with Gasteiger partial charge in [0.1, 0.15) is 0 Å². The Balaban J connectivity index is 0.000000364. The normalized spacial score (nSPS) is 25.7. The van der Waals surface area contributed by atoms with E-state index in [0.29, 0.717) is 0 Å². The fraction of sp³-hybridized carbons (Fsp3) is 0.750. The smallest absolute Gasteiger partial charge is 0.347 e. The van der Waals surface area contributed by atoms with Crippen LogP contribution < -0.4 is 0 Å². The highest BCUT2D eigenvalue weighted by Crippen LogP contribution is 2.08. The fourth-order valence-corrected chi connectivity index (χ4v) is 0.636. The zero-order valence-electron chi connectivity index (χ0n) is 8.10. The van der Waals surface area contributed by atoms with E-state index in [0.717, 1.165) is 0 Å². The minimum Gasteiger partial charge on any atom is -0.448 e. The van der Waals surface area contributed by atoms with Gasteiger partial charge in [0.05, 0.1) is 13.2 Å². The molecule has 0 radical (unpaired) electrons. The van der Waals surface area contributed by atoms with Crippen LogP contribution in [0.1, 0.15) is 13.8 Å². The molecule has 1 fully saturated rings. The van der Waals surface area contributed by atoms with Crippen LogP contribution in [-0.4, -0.2) is 47.6 Å². The molecule has 1 aliphatic rings. The summed E-state index contributed by atoms with van der Waals surface area (Å²) in [6, 6.07) is 0. The van der Waals surface area contributed by atoms with Crippen LogP contribution >= 0.6 is 0 Å². The maximum absolute atomic E-state index is 10.7. The van der Waals surface area contributed by atoms with Crippen LogP contribution in [0.3, 0.4) is 0 Å². The Labute approximate surface area is 81.4 Å². The van der Waals surface area contributed by atoms with Crippen molar-refractivity contribution in [2.45, 2.75) is 26.1 Å². The van der Waals surface area contributed by atoms with Crippen molar-refractivity contribution in [3.8, 4) is 0 Å². The van der Waals surface area contributed by atoms with Crippen molar-refractivity contribution >= 4 is 11.9 Å². The van der Waals surface area contributed by atoms with E-state index in [1.807, 2.05) is 0 Å². The molecule has 14 heavy (non-hydrogen) atoms. The third-order valence-corrected chi connectivity index (χ3v) is 1.35. The molecule has 0 bridgehead atoms. The maximum atomic E-state index is 10.7. The average Bonchev–Trinajstić information content (AvgIpc) is 2.15. The van der Waals surface area contributed by atoms with Crippen molar-refractivity contribution in [1.82, 2.24) is 0 Å². The van der Waals surface area contributed by atoms with Crippen LogP contribution in [0.5, 0.6) is 0 Å². The molecular weight excluding hydrogens is 192 g/mol. The summed E-state index contributed by atoms with van der Waals surface area (Å²) < 4.78 is 9.19. The van der Waals surface area contributed by atoms with Gasteiger partial charge in [-0.1, -0.05) is 0 Å². The molecule has 1 aliphatic heterocycles. The number of esters is 2. The molecule has 0 amide bonds. The predicted molar refractivity (Wildman–Crippen MR) is 45.3 cm³/mol. The second kappa shape index (κ2) is 6.33. The second-order valence-corrected chi connectivity index (χ2v) is 2.61. The van der Waals surface area contributed by atoms with Crippen molar-refractivity contribution in [1.29, 1.82) is 0 Å². The molecule has 1 heterocycles. The van der Waals surface area contributed by atoms with Crippen molar-refractivity contribution < 1.29 is 29.3 Å². The molecule has 0 saturated carbocycles. The summed E-state index contributed by atoms with van der Waals surface area (Å²) in [5, 5.41) is 15.2. The first-order chi connectivity index (χ1) is 6.52. The van der Waals surface area contributed by atoms with Gasteiger partial charge >= 0.3 is 11.9 Å². The third-order valence-electron chi connectivity index (χ3n) is 1.35. The van der Waals surface area contributed by atoms with E-state index in [-0.39, 0.29) is 13.2 Å². The molecule has 1 rings (SSSR count). The fourth-order valence-electron chi connectivity index (χ4n) is 0.636. The highest BCUT2D eigenvalue weighted by Gasteiger charge is 2.32. The first kappa shape index (κ1) is 12.9. The molecule has 0 aromatic rings. The lowest BCUT2D eigenvalue weighted by Crippen LogP contribution is -2.40. The summed E-state index contributed by atoms with van der Waals surface area (Å²) in [6.07, 6.45) is -1.49. The van der Waals surface area contributed by atoms with E-state index in [2.05, 4.69) is 9.47 Å². The van der Waals surface area contributed by atoms with Gasteiger partial charge in [0.15, 0.2) is 12.2 Å². The van der Waals surface area contributed by atoms with E-state index < -0.39 is 24.1 Å². The zero-order chi connectivity index (χ0) is 11.1. The molecule has 0 aromatic heterocycles. The van der Waals surface area contributed by atoms with Gasteiger partial charge in [0, 0.05) is 0 Å². The molecule has 0 spiro atoms. The van der Waals surface area contributed by atoms with Gasteiger partial charge in [-0.2, -0.15) is 0 Å². The first-order valence-electron chi connectivity index (χ1n) is 4.15. The van der Waals surface area contributed by atoms with Gasteiger partial charge in [-0.3, -0.25) is 0 Å². The average molecular weight is 206 g/mol. The molecule has 1 unspecified atom stereocenters. The van der Waals surface area contributed by atoms with Crippen molar-refractivity contribution in [2.24, 2.45) is 0 Å². The number of carbonyl (C=O) groups is 2. The van der Waals surface area contributed by atoms with Crippen LogP contribution in [-0.2, 0) is 19.1 Å². The lowest BCUT2D eigenvalue weighted by atomic mass is 10.3. The summed E-state index contributed by atoms with van der Waals surface area (Å²) in [5.74, 6) is -0.959. The van der Waals surface area contributed by atoms with Crippen molar-refractivity contribution in [3.63, 3.8) is 0 Å². The summed E-state index contributed by atoms with van der Waals surface area (Å²) >= 11 is 0. The van der Waals surface area contributed by atoms with E-state index in [1.54, 1.807) is 0 Å². The zero-order valence-corrected chi connectivity index (χ0v) is 8.10. The summed E-state index contributed by atoms with van der Waals surface area (Å²) in [7, 11) is 0. The van der Waals surface area contributed by atoms with Gasteiger partial charge in [-0.05, 0) is 13.8 Å². The molecule has 0 aromatic carbocycles. The first-order valence-corrected chi connectivity index (χ1v) is 4.15. The minimum absolute atomic E-state index is 0.125. The highest BCUT2D eigenvalue weighted by molar-refractivity contribution is 5.86. The van der Waals surface area contributed by atoms with Crippen molar-refractivity contribution in [3.05, 3.63) is 0 Å². The monoisotopic (exact) mass is 206 g/mol. The molecule has 6 nitrogen and oxygen atoms in total. The van der Waals surface area contributed by atoms with Crippen LogP contribution in [0.2, 0.25) is 0 Å². The van der Waals surface area contributed by atoms with Gasteiger partial charge in [0.25, 0.3) is 0 Å². The second-order valence-electron chi connectivity index (χ2n) is 2.61. The Hall–Kier alpha value is -1.14.